The van der Waals surface area contributed by atoms with Gasteiger partial charge < -0.3 is 9.63 Å². The van der Waals surface area contributed by atoms with Crippen molar-refractivity contribution in [1.29, 1.82) is 0 Å². The third kappa shape index (κ3) is 2.55. The highest BCUT2D eigenvalue weighted by Crippen LogP contribution is 2.25. The normalized spacial score (nSPS) is 12.4. The molecule has 5 heteroatoms. The van der Waals surface area contributed by atoms with Crippen LogP contribution < -0.4 is 0 Å². The Morgan fingerprint density at radius 2 is 2.06 bits per heavy atom. The van der Waals surface area contributed by atoms with Gasteiger partial charge in [-0.05, 0) is 19.1 Å². The molecule has 1 aromatic heterocycles. The summed E-state index contributed by atoms with van der Waals surface area (Å²) < 4.78 is 6.11. The van der Waals surface area contributed by atoms with Crippen LogP contribution in [0.15, 0.2) is 39.3 Å². The van der Waals surface area contributed by atoms with Crippen molar-refractivity contribution in [2.45, 2.75) is 12.8 Å². The molecule has 0 amide bonds. The summed E-state index contributed by atoms with van der Waals surface area (Å²) in [5.74, 6) is -1.01. The summed E-state index contributed by atoms with van der Waals surface area (Å²) in [6.45, 7) is 1.57. The van der Waals surface area contributed by atoms with Gasteiger partial charge in [0.25, 0.3) is 0 Å². The molecular weight excluding hydrogens is 286 g/mol. The number of aromatic nitrogens is 1. The molecule has 0 saturated heterocycles. The monoisotopic (exact) mass is 295 g/mol. The summed E-state index contributed by atoms with van der Waals surface area (Å²) in [4.78, 5) is 10.8. The first-order valence-corrected chi connectivity index (χ1v) is 5.82. The fourth-order valence-electron chi connectivity index (χ4n) is 1.37. The van der Waals surface area contributed by atoms with Crippen LogP contribution in [0, 0.1) is 0 Å². The fraction of sp³-hybridized carbons (Fsp3) is 0.167. The molecule has 0 aliphatic heterocycles. The first-order chi connectivity index (χ1) is 8.08. The highest BCUT2D eigenvalue weighted by atomic mass is 79.9. The third-order valence-corrected chi connectivity index (χ3v) is 3.00. The summed E-state index contributed by atoms with van der Waals surface area (Å²) in [6, 6.07) is 9.18. The molecule has 2 aromatic rings. The van der Waals surface area contributed by atoms with Gasteiger partial charge in [-0.3, -0.25) is 4.79 Å². The van der Waals surface area contributed by atoms with Gasteiger partial charge in [0, 0.05) is 16.1 Å². The van der Waals surface area contributed by atoms with E-state index in [1.54, 1.807) is 13.0 Å². The number of hydrogen-bond acceptors (Lipinski definition) is 3. The van der Waals surface area contributed by atoms with Crippen molar-refractivity contribution in [3.63, 3.8) is 0 Å². The van der Waals surface area contributed by atoms with Crippen molar-refractivity contribution in [3.05, 3.63) is 40.5 Å². The van der Waals surface area contributed by atoms with Gasteiger partial charge in [0.2, 0.25) is 0 Å². The topological polar surface area (TPSA) is 63.3 Å². The number of carbonyl (C=O) groups is 1. The van der Waals surface area contributed by atoms with E-state index in [4.69, 9.17) is 9.63 Å². The molecule has 2 rings (SSSR count). The SMILES string of the molecule is CC(C(=O)O)c1cc(-c2ccc(Br)cc2)on1. The molecule has 1 N–H and O–H groups in total. The molecule has 1 unspecified atom stereocenters. The smallest absolute Gasteiger partial charge is 0.312 e. The van der Waals surface area contributed by atoms with Crippen molar-refractivity contribution in [2.75, 3.05) is 0 Å². The number of benzene rings is 1. The number of rotatable bonds is 3. The second-order valence-corrected chi connectivity index (χ2v) is 4.60. The molecule has 1 atom stereocenters. The minimum Gasteiger partial charge on any atom is -0.481 e. The zero-order valence-corrected chi connectivity index (χ0v) is 10.6. The van der Waals surface area contributed by atoms with Gasteiger partial charge in [-0.25, -0.2) is 0 Å². The Balaban J connectivity index is 2.29. The Morgan fingerprint density at radius 3 is 2.65 bits per heavy atom. The summed E-state index contributed by atoms with van der Waals surface area (Å²) >= 11 is 3.34. The van der Waals surface area contributed by atoms with Gasteiger partial charge >= 0.3 is 5.97 Å². The van der Waals surface area contributed by atoms with E-state index >= 15 is 0 Å². The predicted octanol–water partition coefficient (Wildman–Crippen LogP) is 3.29. The molecule has 0 saturated carbocycles. The highest BCUT2D eigenvalue weighted by Gasteiger charge is 2.18. The van der Waals surface area contributed by atoms with E-state index in [2.05, 4.69) is 21.1 Å². The molecule has 0 aliphatic rings. The summed E-state index contributed by atoms with van der Waals surface area (Å²) in [6.07, 6.45) is 0. The molecule has 88 valence electrons. The molecule has 4 nitrogen and oxygen atoms in total. The average molecular weight is 296 g/mol. The lowest BCUT2D eigenvalue weighted by atomic mass is 10.1. The van der Waals surface area contributed by atoms with Gasteiger partial charge in [0.1, 0.15) is 0 Å². The van der Waals surface area contributed by atoms with Gasteiger partial charge in [-0.2, -0.15) is 0 Å². The van der Waals surface area contributed by atoms with Crippen molar-refractivity contribution in [3.8, 4) is 11.3 Å². The summed E-state index contributed by atoms with van der Waals surface area (Å²) in [5, 5.41) is 12.6. The summed E-state index contributed by atoms with van der Waals surface area (Å²) in [7, 11) is 0. The zero-order chi connectivity index (χ0) is 12.4. The molecule has 0 aliphatic carbocycles. The first-order valence-electron chi connectivity index (χ1n) is 5.03. The van der Waals surface area contributed by atoms with Crippen LogP contribution in [0.5, 0.6) is 0 Å². The molecule has 0 radical (unpaired) electrons. The molecule has 1 heterocycles. The van der Waals surface area contributed by atoms with E-state index in [1.807, 2.05) is 24.3 Å². The van der Waals surface area contributed by atoms with E-state index in [-0.39, 0.29) is 0 Å². The lowest BCUT2D eigenvalue weighted by Crippen LogP contribution is -2.07. The number of carboxylic acids is 1. The molecule has 1 aromatic carbocycles. The minimum atomic E-state index is -0.916. The van der Waals surface area contributed by atoms with Gasteiger partial charge in [-0.15, -0.1) is 0 Å². The Hall–Kier alpha value is -1.62. The molecular formula is C12H10BrNO3. The fourth-order valence-corrected chi connectivity index (χ4v) is 1.63. The van der Waals surface area contributed by atoms with E-state index in [1.165, 1.54) is 0 Å². The van der Waals surface area contributed by atoms with Crippen LogP contribution in [-0.2, 0) is 4.79 Å². The van der Waals surface area contributed by atoms with E-state index in [0.29, 0.717) is 11.5 Å². The Labute approximate surface area is 106 Å². The average Bonchev–Trinajstić information content (AvgIpc) is 2.78. The molecule has 0 fully saturated rings. The second-order valence-electron chi connectivity index (χ2n) is 3.68. The van der Waals surface area contributed by atoms with Crippen LogP contribution in [0.2, 0.25) is 0 Å². The number of hydrogen-bond donors (Lipinski definition) is 1. The first kappa shape index (κ1) is 11.9. The van der Waals surface area contributed by atoms with E-state index < -0.39 is 11.9 Å². The minimum absolute atomic E-state index is 0.426. The van der Waals surface area contributed by atoms with Crippen LogP contribution >= 0.6 is 15.9 Å². The number of carboxylic acid groups (broad SMARTS) is 1. The largest absolute Gasteiger partial charge is 0.481 e. The Kier molecular flexibility index (Phi) is 3.28. The third-order valence-electron chi connectivity index (χ3n) is 2.47. The van der Waals surface area contributed by atoms with E-state index in [0.717, 1.165) is 10.0 Å². The van der Waals surface area contributed by atoms with E-state index in [9.17, 15) is 4.79 Å². The van der Waals surface area contributed by atoms with Crippen molar-refractivity contribution >= 4 is 21.9 Å². The lowest BCUT2D eigenvalue weighted by molar-refractivity contribution is -0.138. The lowest BCUT2D eigenvalue weighted by Gasteiger charge is -1.98. The maximum Gasteiger partial charge on any atom is 0.312 e. The van der Waals surface area contributed by atoms with Gasteiger partial charge in [0.15, 0.2) is 5.76 Å². The van der Waals surface area contributed by atoms with Crippen LogP contribution in [0.3, 0.4) is 0 Å². The Morgan fingerprint density at radius 1 is 1.41 bits per heavy atom. The van der Waals surface area contributed by atoms with Crippen molar-refractivity contribution in [1.82, 2.24) is 5.16 Å². The number of nitrogens with zero attached hydrogens (tertiary/aromatic N) is 1. The number of aliphatic carboxylic acids is 1. The molecule has 17 heavy (non-hydrogen) atoms. The van der Waals surface area contributed by atoms with Crippen LogP contribution in [0.4, 0.5) is 0 Å². The second kappa shape index (κ2) is 4.71. The maximum atomic E-state index is 10.8. The van der Waals surface area contributed by atoms with Crippen LogP contribution in [0.1, 0.15) is 18.5 Å². The van der Waals surface area contributed by atoms with Gasteiger partial charge in [0.05, 0.1) is 11.6 Å². The highest BCUT2D eigenvalue weighted by molar-refractivity contribution is 9.10. The standard InChI is InChI=1S/C12H10BrNO3/c1-7(12(15)16)10-6-11(17-14-10)8-2-4-9(13)5-3-8/h2-7H,1H3,(H,15,16). The van der Waals surface area contributed by atoms with Crippen LogP contribution in [0.25, 0.3) is 11.3 Å². The number of halogens is 1. The van der Waals surface area contributed by atoms with Gasteiger partial charge in [-0.1, -0.05) is 33.2 Å². The van der Waals surface area contributed by atoms with Crippen molar-refractivity contribution in [2.24, 2.45) is 0 Å². The molecule has 0 spiro atoms. The van der Waals surface area contributed by atoms with Crippen LogP contribution in [-0.4, -0.2) is 16.2 Å². The quantitative estimate of drug-likeness (QED) is 0.944. The van der Waals surface area contributed by atoms with Crippen molar-refractivity contribution < 1.29 is 14.4 Å². The Bertz CT molecular complexity index is 533. The maximum absolute atomic E-state index is 10.8. The molecule has 0 bridgehead atoms. The zero-order valence-electron chi connectivity index (χ0n) is 9.05. The predicted molar refractivity (Wildman–Crippen MR) is 65.7 cm³/mol. The summed E-state index contributed by atoms with van der Waals surface area (Å²) in [5.41, 5.74) is 1.29.